The zero-order valence-electron chi connectivity index (χ0n) is 21.4. The maximum absolute atomic E-state index is 12.2. The van der Waals surface area contributed by atoms with Gasteiger partial charge in [-0.3, -0.25) is 9.78 Å². The topological polar surface area (TPSA) is 108 Å². The molecule has 0 bridgehead atoms. The number of carbonyl (C=O) groups excluding carboxylic acids is 1. The summed E-state index contributed by atoms with van der Waals surface area (Å²) in [4.78, 5) is 30.2. The number of hydrogen-bond acceptors (Lipinski definition) is 5. The highest BCUT2D eigenvalue weighted by molar-refractivity contribution is 7.80. The Bertz CT molecular complexity index is 1610. The molecule has 8 nitrogen and oxygen atoms in total. The molecule has 2 aromatic heterocycles. The number of pyridine rings is 1. The number of rotatable bonds is 7. The molecule has 1 amide bonds. The molecule has 40 heavy (non-hydrogen) atoms. The van der Waals surface area contributed by atoms with Gasteiger partial charge in [-0.25, -0.2) is 4.79 Å². The highest BCUT2D eigenvalue weighted by Gasteiger charge is 2.42. The monoisotopic (exact) mass is 594 g/mol. The van der Waals surface area contributed by atoms with Gasteiger partial charge in [0.25, 0.3) is 0 Å². The third-order valence-electron chi connectivity index (χ3n) is 6.51. The van der Waals surface area contributed by atoms with Gasteiger partial charge in [-0.15, -0.1) is 0 Å². The van der Waals surface area contributed by atoms with E-state index in [0.29, 0.717) is 43.6 Å². The molecule has 2 atom stereocenters. The van der Waals surface area contributed by atoms with Crippen LogP contribution in [0, 0.1) is 5.92 Å². The molecule has 0 unspecified atom stereocenters. The van der Waals surface area contributed by atoms with E-state index in [-0.39, 0.29) is 23.4 Å². The lowest BCUT2D eigenvalue weighted by molar-refractivity contribution is -0.118. The van der Waals surface area contributed by atoms with Gasteiger partial charge in [-0.1, -0.05) is 43.1 Å². The Morgan fingerprint density at radius 1 is 1.07 bits per heavy atom. The molecule has 0 saturated carbocycles. The summed E-state index contributed by atoms with van der Waals surface area (Å²) in [5, 5.41) is 16.8. The van der Waals surface area contributed by atoms with Gasteiger partial charge in [0.05, 0.1) is 33.0 Å². The number of aromatic carboxylic acids is 1. The number of carboxylic acids is 1. The summed E-state index contributed by atoms with van der Waals surface area (Å²) < 4.78 is 6.32. The fourth-order valence-corrected chi connectivity index (χ4v) is 5.24. The summed E-state index contributed by atoms with van der Waals surface area (Å²) in [7, 11) is 0. The Hall–Kier alpha value is -3.92. The first-order valence-corrected chi connectivity index (χ1v) is 13.5. The van der Waals surface area contributed by atoms with Crippen LogP contribution in [-0.4, -0.2) is 27.1 Å². The van der Waals surface area contributed by atoms with Crippen molar-refractivity contribution in [1.82, 2.24) is 10.3 Å². The van der Waals surface area contributed by atoms with Crippen molar-refractivity contribution < 1.29 is 19.1 Å². The molecule has 1 fully saturated rings. The molecule has 2 aromatic carbocycles. The van der Waals surface area contributed by atoms with Crippen molar-refractivity contribution in [3.8, 4) is 11.3 Å². The van der Waals surface area contributed by atoms with E-state index in [2.05, 4.69) is 15.6 Å². The van der Waals surface area contributed by atoms with Crippen molar-refractivity contribution in [3.63, 3.8) is 0 Å². The number of halogens is 2. The van der Waals surface area contributed by atoms with Crippen molar-refractivity contribution in [1.29, 1.82) is 0 Å². The van der Waals surface area contributed by atoms with Crippen molar-refractivity contribution in [3.05, 3.63) is 100.0 Å². The number of aromatic nitrogens is 1. The van der Waals surface area contributed by atoms with Gasteiger partial charge in [0, 0.05) is 23.4 Å². The molecule has 1 aliphatic heterocycles. The summed E-state index contributed by atoms with van der Waals surface area (Å²) in [6.07, 6.45) is 1.70. The minimum Gasteiger partial charge on any atom is -0.478 e. The summed E-state index contributed by atoms with van der Waals surface area (Å²) >= 11 is 18.8. The molecule has 0 aliphatic carbocycles. The number of anilines is 2. The smallest absolute Gasteiger partial charge is 0.335 e. The second-order valence-corrected chi connectivity index (χ2v) is 10.7. The Kier molecular flexibility index (Phi) is 7.80. The highest BCUT2D eigenvalue weighted by atomic mass is 35.5. The third kappa shape index (κ3) is 5.40. The van der Waals surface area contributed by atoms with E-state index in [1.165, 1.54) is 18.2 Å². The van der Waals surface area contributed by atoms with Crippen LogP contribution in [0.3, 0.4) is 0 Å². The first kappa shape index (κ1) is 27.6. The molecule has 1 saturated heterocycles. The number of carboxylic acid groups (broad SMARTS) is 1. The molecular formula is C29H24Cl2N4O4S. The molecule has 4 aromatic rings. The maximum Gasteiger partial charge on any atom is 0.335 e. The second-order valence-electron chi connectivity index (χ2n) is 9.51. The number of hydrogen-bond donors (Lipinski definition) is 3. The Morgan fingerprint density at radius 2 is 1.88 bits per heavy atom. The van der Waals surface area contributed by atoms with Crippen LogP contribution in [0.15, 0.2) is 77.3 Å². The fourth-order valence-electron chi connectivity index (χ4n) is 4.46. The Balaban J connectivity index is 1.57. The third-order valence-corrected chi connectivity index (χ3v) is 7.47. The van der Waals surface area contributed by atoms with Crippen LogP contribution in [0.25, 0.3) is 11.3 Å². The molecule has 3 N–H and O–H groups in total. The van der Waals surface area contributed by atoms with Gasteiger partial charge in [0.1, 0.15) is 17.6 Å². The zero-order chi connectivity index (χ0) is 28.6. The second kappa shape index (κ2) is 11.3. The van der Waals surface area contributed by atoms with Crippen LogP contribution in [0.2, 0.25) is 10.0 Å². The lowest BCUT2D eigenvalue weighted by Crippen LogP contribution is -2.29. The van der Waals surface area contributed by atoms with Gasteiger partial charge in [-0.2, -0.15) is 0 Å². The number of furan rings is 1. The van der Waals surface area contributed by atoms with E-state index in [4.69, 9.17) is 39.8 Å². The first-order valence-electron chi connectivity index (χ1n) is 12.4. The van der Waals surface area contributed by atoms with Crippen molar-refractivity contribution in [2.24, 2.45) is 5.92 Å². The van der Waals surface area contributed by atoms with E-state index in [1.807, 2.05) is 29.2 Å². The molecule has 0 radical (unpaired) electrons. The summed E-state index contributed by atoms with van der Waals surface area (Å²) in [5.41, 5.74) is 2.46. The van der Waals surface area contributed by atoms with Gasteiger partial charge in [0.15, 0.2) is 5.11 Å². The molecular weight excluding hydrogens is 571 g/mol. The maximum atomic E-state index is 12.2. The van der Waals surface area contributed by atoms with Crippen LogP contribution < -0.4 is 15.5 Å². The van der Waals surface area contributed by atoms with Crippen LogP contribution in [0.5, 0.6) is 0 Å². The molecule has 3 heterocycles. The average Bonchev–Trinajstić information content (AvgIpc) is 3.55. The van der Waals surface area contributed by atoms with Crippen LogP contribution in [0.1, 0.15) is 47.7 Å². The number of thiocarbonyl (C=S) groups is 1. The predicted molar refractivity (Wildman–Crippen MR) is 159 cm³/mol. The van der Waals surface area contributed by atoms with Gasteiger partial charge in [-0.05, 0) is 72.9 Å². The largest absolute Gasteiger partial charge is 0.478 e. The lowest BCUT2D eigenvalue weighted by atomic mass is 10.0. The fraction of sp³-hybridized carbons (Fsp3) is 0.172. The number of nitrogens with zero attached hydrogens (tertiary/aromatic N) is 2. The molecule has 11 heteroatoms. The van der Waals surface area contributed by atoms with Crippen LogP contribution in [0.4, 0.5) is 11.4 Å². The first-order chi connectivity index (χ1) is 19.1. The van der Waals surface area contributed by atoms with E-state index in [1.54, 1.807) is 44.3 Å². The Morgan fingerprint density at radius 3 is 2.55 bits per heavy atom. The molecule has 204 valence electrons. The summed E-state index contributed by atoms with van der Waals surface area (Å²) in [6, 6.07) is 18.0. The summed E-state index contributed by atoms with van der Waals surface area (Å²) in [6.45, 7) is 3.61. The van der Waals surface area contributed by atoms with E-state index in [9.17, 15) is 14.7 Å². The van der Waals surface area contributed by atoms with Crippen molar-refractivity contribution >= 4 is 63.8 Å². The van der Waals surface area contributed by atoms with Gasteiger partial charge >= 0.3 is 5.97 Å². The molecule has 1 aliphatic rings. The zero-order valence-corrected chi connectivity index (χ0v) is 23.7. The minimum atomic E-state index is -1.07. The van der Waals surface area contributed by atoms with Crippen LogP contribution in [-0.2, 0) is 4.79 Å². The normalized spacial score (nSPS) is 16.7. The highest BCUT2D eigenvalue weighted by Crippen LogP contribution is 2.44. The quantitative estimate of drug-likeness (QED) is 0.194. The number of carbonyl (C=O) groups is 2. The standard InChI is InChI=1S/C29H24Cl2N4O4S/c1-15(2)27(36)33-21-9-7-17(14-20(21)31)35-26(25(34-29(35)40)22-5-3-4-12-32-22)24-11-10-23(39-24)18-13-16(28(37)38)6-8-19(18)30/h3-15,25-26H,1-2H3,(H,33,36)(H,34,40)(H,37,38)/t25-,26-/m1/s1. The van der Waals surface area contributed by atoms with Crippen molar-refractivity contribution in [2.45, 2.75) is 25.9 Å². The van der Waals surface area contributed by atoms with E-state index < -0.39 is 12.0 Å². The molecule has 0 spiro atoms. The number of amides is 1. The minimum absolute atomic E-state index is 0.0911. The lowest BCUT2D eigenvalue weighted by Gasteiger charge is -2.26. The average molecular weight is 596 g/mol. The summed E-state index contributed by atoms with van der Waals surface area (Å²) in [5.74, 6) is -0.461. The van der Waals surface area contributed by atoms with Crippen LogP contribution >= 0.6 is 35.4 Å². The molecule has 5 rings (SSSR count). The number of nitrogens with one attached hydrogen (secondary N) is 2. The van der Waals surface area contributed by atoms with Gasteiger partial charge < -0.3 is 25.1 Å². The van der Waals surface area contributed by atoms with Gasteiger partial charge in [0.2, 0.25) is 5.91 Å². The van der Waals surface area contributed by atoms with E-state index >= 15 is 0 Å². The Labute approximate surface area is 245 Å². The predicted octanol–water partition coefficient (Wildman–Crippen LogP) is 7.12. The van der Waals surface area contributed by atoms with Crippen molar-refractivity contribution in [2.75, 3.05) is 10.2 Å². The SMILES string of the molecule is CC(C)C(=O)Nc1ccc(N2C(=S)N[C@H](c3ccccn3)[C@H]2c2ccc(-c3cc(C(=O)O)ccc3Cl)o2)cc1Cl. The van der Waals surface area contributed by atoms with E-state index in [0.717, 1.165) is 5.69 Å². The number of benzene rings is 2.